The highest BCUT2D eigenvalue weighted by atomic mass is 35.5. The number of benzene rings is 3. The van der Waals surface area contributed by atoms with E-state index < -0.39 is 9.84 Å². The first-order chi connectivity index (χ1) is 13.3. The summed E-state index contributed by atoms with van der Waals surface area (Å²) in [5.41, 5.74) is 2.15. The maximum atomic E-state index is 12.8. The van der Waals surface area contributed by atoms with E-state index >= 15 is 0 Å². The molecule has 0 spiro atoms. The fraction of sp³-hybridized carbons (Fsp3) is 0.136. The molecular weight excluding hydrogens is 394 g/mol. The van der Waals surface area contributed by atoms with E-state index in [1.54, 1.807) is 12.1 Å². The van der Waals surface area contributed by atoms with Gasteiger partial charge in [0, 0.05) is 16.8 Å². The maximum absolute atomic E-state index is 12.8. The summed E-state index contributed by atoms with van der Waals surface area (Å²) in [6, 6.07) is 22.8. The van der Waals surface area contributed by atoms with E-state index in [4.69, 9.17) is 11.6 Å². The number of hydrogen-bond acceptors (Lipinski definition) is 3. The van der Waals surface area contributed by atoms with Gasteiger partial charge < -0.3 is 5.32 Å². The quantitative estimate of drug-likeness (QED) is 0.649. The highest BCUT2D eigenvalue weighted by Crippen LogP contribution is 2.24. The molecule has 0 aliphatic rings. The van der Waals surface area contributed by atoms with Crippen molar-refractivity contribution >= 4 is 27.3 Å². The van der Waals surface area contributed by atoms with E-state index in [9.17, 15) is 13.2 Å². The topological polar surface area (TPSA) is 63.2 Å². The fourth-order valence-electron chi connectivity index (χ4n) is 2.93. The third kappa shape index (κ3) is 5.00. The van der Waals surface area contributed by atoms with Crippen LogP contribution in [0.3, 0.4) is 0 Å². The minimum atomic E-state index is -3.39. The van der Waals surface area contributed by atoms with E-state index in [1.165, 1.54) is 12.1 Å². The summed E-state index contributed by atoms with van der Waals surface area (Å²) in [6.07, 6.45) is 1.63. The maximum Gasteiger partial charge on any atom is 0.251 e. The molecule has 3 rings (SSSR count). The van der Waals surface area contributed by atoms with Gasteiger partial charge in [-0.05, 0) is 41.8 Å². The third-order valence-corrected chi connectivity index (χ3v) is 5.89. The van der Waals surface area contributed by atoms with Crippen molar-refractivity contribution in [2.24, 2.45) is 0 Å². The van der Waals surface area contributed by atoms with Crippen molar-refractivity contribution in [3.8, 4) is 0 Å². The number of amides is 1. The molecular formula is C22H20ClNO3S. The van der Waals surface area contributed by atoms with Gasteiger partial charge >= 0.3 is 0 Å². The zero-order valence-electron chi connectivity index (χ0n) is 15.3. The Kier molecular flexibility index (Phi) is 6.17. The van der Waals surface area contributed by atoms with Crippen LogP contribution in [0.25, 0.3) is 0 Å². The second-order valence-electron chi connectivity index (χ2n) is 6.53. The normalized spacial score (nSPS) is 12.4. The summed E-state index contributed by atoms with van der Waals surface area (Å²) in [5.74, 6) is -0.341. The summed E-state index contributed by atoms with van der Waals surface area (Å²) in [6.45, 7) is 0. The highest BCUT2D eigenvalue weighted by Gasteiger charge is 2.18. The molecule has 0 radical (unpaired) electrons. The van der Waals surface area contributed by atoms with Crippen LogP contribution in [-0.2, 0) is 16.3 Å². The van der Waals surface area contributed by atoms with Crippen LogP contribution in [0.1, 0.15) is 27.5 Å². The summed E-state index contributed by atoms with van der Waals surface area (Å²) in [7, 11) is -3.39. The number of hydrogen-bond donors (Lipinski definition) is 1. The van der Waals surface area contributed by atoms with E-state index in [-0.39, 0.29) is 16.8 Å². The Hall–Kier alpha value is -2.63. The lowest BCUT2D eigenvalue weighted by atomic mass is 9.98. The van der Waals surface area contributed by atoms with E-state index in [1.807, 2.05) is 54.6 Å². The smallest absolute Gasteiger partial charge is 0.251 e. The number of carbonyl (C=O) groups excluding carboxylic acids is 1. The van der Waals surface area contributed by atoms with Gasteiger partial charge in [-0.1, -0.05) is 66.2 Å². The number of halogens is 1. The first kappa shape index (κ1) is 20.1. The second-order valence-corrected chi connectivity index (χ2v) is 8.96. The van der Waals surface area contributed by atoms with Crippen molar-refractivity contribution in [3.63, 3.8) is 0 Å². The predicted octanol–water partition coefficient (Wildman–Crippen LogP) is 4.46. The largest absolute Gasteiger partial charge is 0.345 e. The van der Waals surface area contributed by atoms with Crippen molar-refractivity contribution in [1.29, 1.82) is 0 Å². The molecule has 1 amide bonds. The van der Waals surface area contributed by atoms with Crippen molar-refractivity contribution < 1.29 is 13.2 Å². The number of nitrogens with one attached hydrogen (secondary N) is 1. The number of sulfone groups is 1. The Morgan fingerprint density at radius 2 is 1.64 bits per heavy atom. The molecule has 144 valence electrons. The number of carbonyl (C=O) groups is 1. The van der Waals surface area contributed by atoms with Crippen LogP contribution < -0.4 is 5.32 Å². The number of rotatable bonds is 6. The van der Waals surface area contributed by atoms with Gasteiger partial charge in [-0.3, -0.25) is 4.79 Å². The van der Waals surface area contributed by atoms with Crippen molar-refractivity contribution in [2.45, 2.75) is 17.4 Å². The average Bonchev–Trinajstić information content (AvgIpc) is 2.69. The standard InChI is InChI=1S/C22H20ClNO3S/c1-28(26,27)19-12-7-11-18(14-19)22(25)24-21(16-8-3-2-4-9-16)15-17-10-5-6-13-20(17)23/h2-14,21H,15H2,1H3,(H,24,25). The lowest BCUT2D eigenvalue weighted by Crippen LogP contribution is -2.30. The van der Waals surface area contributed by atoms with Crippen LogP contribution >= 0.6 is 11.6 Å². The van der Waals surface area contributed by atoms with Gasteiger partial charge in [0.25, 0.3) is 5.91 Å². The summed E-state index contributed by atoms with van der Waals surface area (Å²) in [5, 5.41) is 3.65. The molecule has 1 N–H and O–H groups in total. The molecule has 0 bridgehead atoms. The fourth-order valence-corrected chi connectivity index (χ4v) is 3.81. The Morgan fingerprint density at radius 3 is 2.32 bits per heavy atom. The minimum Gasteiger partial charge on any atom is -0.345 e. The SMILES string of the molecule is CS(=O)(=O)c1cccc(C(=O)NC(Cc2ccccc2Cl)c2ccccc2)c1. The predicted molar refractivity (Wildman–Crippen MR) is 111 cm³/mol. The zero-order chi connectivity index (χ0) is 20.1. The van der Waals surface area contributed by atoms with Gasteiger partial charge in [0.15, 0.2) is 9.84 Å². The molecule has 0 saturated heterocycles. The van der Waals surface area contributed by atoms with Gasteiger partial charge in [-0.2, -0.15) is 0 Å². The van der Waals surface area contributed by atoms with E-state index in [0.717, 1.165) is 17.4 Å². The van der Waals surface area contributed by atoms with Gasteiger partial charge in [-0.25, -0.2) is 8.42 Å². The molecule has 0 aromatic heterocycles. The Morgan fingerprint density at radius 1 is 0.964 bits per heavy atom. The lowest BCUT2D eigenvalue weighted by Gasteiger charge is -2.20. The van der Waals surface area contributed by atoms with Crippen LogP contribution in [0.5, 0.6) is 0 Å². The second kappa shape index (κ2) is 8.59. The van der Waals surface area contributed by atoms with Gasteiger partial charge in [0.05, 0.1) is 10.9 Å². The molecule has 28 heavy (non-hydrogen) atoms. The van der Waals surface area contributed by atoms with E-state index in [0.29, 0.717) is 17.0 Å². The van der Waals surface area contributed by atoms with Crippen LogP contribution in [0, 0.1) is 0 Å². The minimum absolute atomic E-state index is 0.113. The van der Waals surface area contributed by atoms with E-state index in [2.05, 4.69) is 5.32 Å². The van der Waals surface area contributed by atoms with Crippen LogP contribution in [-0.4, -0.2) is 20.6 Å². The molecule has 0 aliphatic heterocycles. The first-order valence-corrected chi connectivity index (χ1v) is 11.0. The molecule has 3 aromatic carbocycles. The lowest BCUT2D eigenvalue weighted by molar-refractivity contribution is 0.0936. The summed E-state index contributed by atoms with van der Waals surface area (Å²) in [4.78, 5) is 13.0. The van der Waals surface area contributed by atoms with Gasteiger partial charge in [0.2, 0.25) is 0 Å². The van der Waals surface area contributed by atoms with Crippen molar-refractivity contribution in [1.82, 2.24) is 5.32 Å². The zero-order valence-corrected chi connectivity index (χ0v) is 16.9. The molecule has 3 aromatic rings. The molecule has 4 nitrogen and oxygen atoms in total. The molecule has 0 heterocycles. The highest BCUT2D eigenvalue weighted by molar-refractivity contribution is 7.90. The molecule has 1 unspecified atom stereocenters. The Balaban J connectivity index is 1.89. The van der Waals surface area contributed by atoms with Gasteiger partial charge in [-0.15, -0.1) is 0 Å². The summed E-state index contributed by atoms with van der Waals surface area (Å²) >= 11 is 6.30. The molecule has 0 aliphatic carbocycles. The third-order valence-electron chi connectivity index (χ3n) is 4.41. The van der Waals surface area contributed by atoms with Crippen LogP contribution in [0.2, 0.25) is 5.02 Å². The summed E-state index contributed by atoms with van der Waals surface area (Å²) < 4.78 is 23.6. The Bertz CT molecular complexity index is 1080. The monoisotopic (exact) mass is 413 g/mol. The Labute approximate surface area is 170 Å². The first-order valence-electron chi connectivity index (χ1n) is 8.74. The van der Waals surface area contributed by atoms with Crippen LogP contribution in [0.15, 0.2) is 83.8 Å². The average molecular weight is 414 g/mol. The van der Waals surface area contributed by atoms with Crippen molar-refractivity contribution in [2.75, 3.05) is 6.26 Å². The molecule has 0 fully saturated rings. The molecule has 0 saturated carbocycles. The van der Waals surface area contributed by atoms with Gasteiger partial charge in [0.1, 0.15) is 0 Å². The van der Waals surface area contributed by atoms with Crippen LogP contribution in [0.4, 0.5) is 0 Å². The molecule has 6 heteroatoms. The molecule has 1 atom stereocenters. The van der Waals surface area contributed by atoms with Crippen molar-refractivity contribution in [3.05, 3.63) is 101 Å².